The van der Waals surface area contributed by atoms with Crippen LogP contribution in [0.15, 0.2) is 247 Å². The molecule has 0 aliphatic heterocycles. The Morgan fingerprint density at radius 2 is 0.805 bits per heavy atom. The molecule has 0 N–H and O–H groups in total. The van der Waals surface area contributed by atoms with E-state index >= 15 is 0 Å². The molecule has 402 valence electrons. The van der Waals surface area contributed by atoms with Crippen molar-refractivity contribution in [2.45, 2.75) is 0 Å². The predicted octanol–water partition coefficient (Wildman–Crippen LogP) is 20.5. The van der Waals surface area contributed by atoms with E-state index in [4.69, 9.17) is 34.3 Å². The fraction of sp³-hybridized carbons (Fsp3) is 0. The van der Waals surface area contributed by atoms with E-state index < -0.39 is 0 Å². The van der Waals surface area contributed by atoms with Crippen LogP contribution in [0.2, 0.25) is 0 Å². The molecular formula is C76H40N8OS2. The van der Waals surface area contributed by atoms with Crippen LogP contribution in [0.3, 0.4) is 0 Å². The third-order valence-corrected chi connectivity index (χ3v) is 20.2. The summed E-state index contributed by atoms with van der Waals surface area (Å²) in [6.07, 6.45) is 3.88. The summed E-state index contributed by atoms with van der Waals surface area (Å²) >= 11 is 3.63. The number of hydrogen-bond donors (Lipinski definition) is 0. The van der Waals surface area contributed by atoms with Crippen molar-refractivity contribution >= 4 is 172 Å². The third-order valence-electron chi connectivity index (χ3n) is 17.8. The number of furan rings is 1. The first-order valence-corrected chi connectivity index (χ1v) is 30.6. The van der Waals surface area contributed by atoms with Gasteiger partial charge in [-0.2, -0.15) is 0 Å². The number of hydrogen-bond acceptors (Lipinski definition) is 9. The molecule has 0 saturated carbocycles. The molecule has 11 aromatic carbocycles. The van der Waals surface area contributed by atoms with E-state index in [0.29, 0.717) is 11.9 Å². The molecule has 9 heterocycles. The van der Waals surface area contributed by atoms with Gasteiger partial charge in [0.25, 0.3) is 0 Å². The van der Waals surface area contributed by atoms with Crippen molar-refractivity contribution in [1.29, 1.82) is 0 Å². The van der Waals surface area contributed by atoms with E-state index in [2.05, 4.69) is 215 Å². The van der Waals surface area contributed by atoms with Gasteiger partial charge in [-0.1, -0.05) is 176 Å². The highest BCUT2D eigenvalue weighted by Crippen LogP contribution is 2.50. The third kappa shape index (κ3) is 6.55. The van der Waals surface area contributed by atoms with Gasteiger partial charge in [-0.3, -0.25) is 9.13 Å². The Kier molecular flexibility index (Phi) is 9.57. The highest BCUT2D eigenvalue weighted by molar-refractivity contribution is 7.27. The predicted molar refractivity (Wildman–Crippen MR) is 361 cm³/mol. The van der Waals surface area contributed by atoms with Crippen LogP contribution >= 0.6 is 22.7 Å². The van der Waals surface area contributed by atoms with Gasteiger partial charge in [-0.25, -0.2) is 29.9 Å². The lowest BCUT2D eigenvalue weighted by Gasteiger charge is -2.13. The van der Waals surface area contributed by atoms with Crippen LogP contribution in [-0.2, 0) is 0 Å². The molecule has 0 aliphatic carbocycles. The summed E-state index contributed by atoms with van der Waals surface area (Å²) in [7, 11) is 0. The fourth-order valence-corrected chi connectivity index (χ4v) is 16.7. The standard InChI is InChI=1S/C76H40N8OS2/c1-3-19-46-44(17-1)63-54-27-16-38-77-73(54)83(69(63)71-65(46)51-24-8-13-32-60(51)86-71)75-79-56-28-10-5-21-48(56)67(81-75)42-36-34-41(35-37-42)43-39-55-64-45-18-2-4-20-47(45)66-52-25-9-14-33-61(52)87-72(66)70(64)84(74(55)78-40-43)76-80-57-29-11-6-22-49(57)68(82-76)53-26-15-31-59-62(53)50-23-7-12-30-58(50)85-59/h1-40H. The topological polar surface area (TPSA) is 100 Å². The molecule has 87 heavy (non-hydrogen) atoms. The minimum atomic E-state index is 0.543. The molecule has 20 aromatic rings. The van der Waals surface area contributed by atoms with Crippen LogP contribution in [0.25, 0.3) is 195 Å². The highest BCUT2D eigenvalue weighted by Gasteiger charge is 2.28. The van der Waals surface area contributed by atoms with E-state index in [1.807, 2.05) is 59.3 Å². The fourth-order valence-electron chi connectivity index (χ4n) is 14.1. The van der Waals surface area contributed by atoms with Gasteiger partial charge in [-0.15, -0.1) is 22.7 Å². The van der Waals surface area contributed by atoms with Gasteiger partial charge in [0.05, 0.1) is 42.9 Å². The summed E-state index contributed by atoms with van der Waals surface area (Å²) in [6, 6.07) is 81.5. The second-order valence-electron chi connectivity index (χ2n) is 22.4. The molecule has 0 bridgehead atoms. The number of fused-ring (bicyclic) bond motifs is 25. The molecule has 0 amide bonds. The smallest absolute Gasteiger partial charge is 0.237 e. The molecule has 20 rings (SSSR count). The SMILES string of the molecule is c1ccc2c(-c3ccc(-c4cnc5c(c4)c4c6ccccc6c6c7ccccc7sc6c4n5-c4nc(-c5cccc6oc7ccccc7c56)c5ccccc5n4)cc3)nc(-n3c4ncccc4c4c5ccccc5c5c6ccccc6sc5c43)nc2c1. The van der Waals surface area contributed by atoms with Gasteiger partial charge < -0.3 is 4.42 Å². The first-order valence-electron chi connectivity index (χ1n) is 29.0. The summed E-state index contributed by atoms with van der Waals surface area (Å²) < 4.78 is 15.7. The van der Waals surface area contributed by atoms with Gasteiger partial charge in [0, 0.05) is 103 Å². The van der Waals surface area contributed by atoms with Gasteiger partial charge in [0.1, 0.15) is 22.5 Å². The van der Waals surface area contributed by atoms with E-state index in [0.717, 1.165) is 131 Å². The Hall–Kier alpha value is -11.2. The molecule has 0 spiro atoms. The zero-order valence-corrected chi connectivity index (χ0v) is 47.5. The molecule has 0 saturated heterocycles. The zero-order chi connectivity index (χ0) is 56.6. The van der Waals surface area contributed by atoms with Crippen LogP contribution in [0.1, 0.15) is 0 Å². The Morgan fingerprint density at radius 1 is 0.322 bits per heavy atom. The normalized spacial score (nSPS) is 12.4. The maximum atomic E-state index is 6.47. The maximum Gasteiger partial charge on any atom is 0.237 e. The molecule has 0 unspecified atom stereocenters. The lowest BCUT2D eigenvalue weighted by molar-refractivity contribution is 0.669. The van der Waals surface area contributed by atoms with E-state index in [-0.39, 0.29) is 0 Å². The number of rotatable bonds is 5. The van der Waals surface area contributed by atoms with E-state index in [1.54, 1.807) is 0 Å². The first kappa shape index (κ1) is 47.2. The Bertz CT molecular complexity index is 6410. The average Bonchev–Trinajstić information content (AvgIpc) is 1.59. The zero-order valence-electron chi connectivity index (χ0n) is 45.9. The summed E-state index contributed by atoms with van der Waals surface area (Å²) in [5.41, 5.74) is 12.6. The van der Waals surface area contributed by atoms with Crippen LogP contribution in [0, 0.1) is 0 Å². The van der Waals surface area contributed by atoms with Crippen molar-refractivity contribution in [3.05, 3.63) is 243 Å². The quantitative estimate of drug-likeness (QED) is 0.169. The van der Waals surface area contributed by atoms with Crippen molar-refractivity contribution in [2.75, 3.05) is 0 Å². The van der Waals surface area contributed by atoms with Crippen LogP contribution < -0.4 is 0 Å². The van der Waals surface area contributed by atoms with Crippen molar-refractivity contribution in [3.8, 4) is 45.5 Å². The van der Waals surface area contributed by atoms with Crippen molar-refractivity contribution in [3.63, 3.8) is 0 Å². The van der Waals surface area contributed by atoms with Gasteiger partial charge in [0.15, 0.2) is 0 Å². The minimum absolute atomic E-state index is 0.543. The molecule has 0 atom stereocenters. The number of thiophene rings is 2. The van der Waals surface area contributed by atoms with Crippen LogP contribution in [0.4, 0.5) is 0 Å². The van der Waals surface area contributed by atoms with Crippen LogP contribution in [-0.4, -0.2) is 39.0 Å². The lowest BCUT2D eigenvalue weighted by atomic mass is 9.98. The Labute approximate surface area is 500 Å². The monoisotopic (exact) mass is 1140 g/mol. The largest absolute Gasteiger partial charge is 0.456 e. The lowest BCUT2D eigenvalue weighted by Crippen LogP contribution is -2.04. The molecule has 0 aliphatic rings. The highest BCUT2D eigenvalue weighted by atomic mass is 32.1. The Balaban J connectivity index is 0.801. The number of para-hydroxylation sites is 3. The van der Waals surface area contributed by atoms with Crippen molar-refractivity contribution in [1.82, 2.24) is 39.0 Å². The molecule has 0 fully saturated rings. The molecule has 9 aromatic heterocycles. The minimum Gasteiger partial charge on any atom is -0.456 e. The number of aromatic nitrogens is 8. The van der Waals surface area contributed by atoms with E-state index in [9.17, 15) is 0 Å². The summed E-state index contributed by atoms with van der Waals surface area (Å²) in [5.74, 6) is 1.11. The number of nitrogens with zero attached hydrogens (tertiary/aromatic N) is 8. The second kappa shape index (κ2) is 17.7. The van der Waals surface area contributed by atoms with Crippen molar-refractivity contribution < 1.29 is 4.42 Å². The van der Waals surface area contributed by atoms with Gasteiger partial charge in [0.2, 0.25) is 11.9 Å². The number of pyridine rings is 2. The Morgan fingerprint density at radius 3 is 1.45 bits per heavy atom. The van der Waals surface area contributed by atoms with Gasteiger partial charge in [-0.05, 0) is 81.7 Å². The first-order chi connectivity index (χ1) is 43.2. The summed E-state index contributed by atoms with van der Waals surface area (Å²) in [6.45, 7) is 0. The molecule has 11 heteroatoms. The van der Waals surface area contributed by atoms with E-state index in [1.165, 1.54) is 51.8 Å². The molecule has 9 nitrogen and oxygen atoms in total. The maximum absolute atomic E-state index is 6.47. The average molecular weight is 1150 g/mol. The summed E-state index contributed by atoms with van der Waals surface area (Å²) in [5, 5.41) is 18.0. The summed E-state index contributed by atoms with van der Waals surface area (Å²) in [4.78, 5) is 32.8. The molecule has 0 radical (unpaired) electrons. The number of benzene rings is 11. The van der Waals surface area contributed by atoms with Crippen molar-refractivity contribution in [2.24, 2.45) is 0 Å². The van der Waals surface area contributed by atoms with Crippen LogP contribution in [0.5, 0.6) is 0 Å². The second-order valence-corrected chi connectivity index (χ2v) is 24.5. The van der Waals surface area contributed by atoms with Gasteiger partial charge >= 0.3 is 0 Å². The molecular weight excluding hydrogens is 1110 g/mol.